The molecule has 3 aromatic rings. The largest absolute Gasteiger partial charge is 0.324 e. The van der Waals surface area contributed by atoms with Gasteiger partial charge in [-0.2, -0.15) is 0 Å². The zero-order valence-corrected chi connectivity index (χ0v) is 17.7. The average molecular weight is 440 g/mol. The Hall–Kier alpha value is -2.36. The number of nitrogens with one attached hydrogen (secondary N) is 1. The van der Waals surface area contributed by atoms with Crippen molar-refractivity contribution in [2.45, 2.75) is 13.0 Å². The lowest BCUT2D eigenvalue weighted by molar-refractivity contribution is -0.116. The summed E-state index contributed by atoms with van der Waals surface area (Å²) >= 11 is 6.94. The molecule has 0 aliphatic rings. The van der Waals surface area contributed by atoms with Crippen molar-refractivity contribution >= 4 is 60.5 Å². The number of aryl methyl sites for hydroxylation is 1. The molecule has 1 amide bonds. The van der Waals surface area contributed by atoms with Gasteiger partial charge in [0.2, 0.25) is 15.9 Å². The summed E-state index contributed by atoms with van der Waals surface area (Å²) in [5, 5.41) is 3.18. The second-order valence-corrected chi connectivity index (χ2v) is 9.60. The van der Waals surface area contributed by atoms with Gasteiger partial charge in [-0.25, -0.2) is 8.42 Å². The molecule has 1 aromatic heterocycles. The molecular weight excluding hydrogens is 422 g/mol. The molecule has 3 rings (SSSR count). The number of halogens is 1. The lowest BCUT2D eigenvalue weighted by atomic mass is 10.2. The van der Waals surface area contributed by atoms with E-state index in [9.17, 15) is 18.0 Å². The predicted octanol–water partition coefficient (Wildman–Crippen LogP) is 3.05. The number of rotatable bonds is 5. The first kappa shape index (κ1) is 20.4. The van der Waals surface area contributed by atoms with Crippen molar-refractivity contribution in [3.8, 4) is 0 Å². The van der Waals surface area contributed by atoms with Crippen molar-refractivity contribution in [2.75, 3.05) is 15.9 Å². The molecule has 2 aromatic carbocycles. The number of carbonyl (C=O) groups is 1. The number of carbonyl (C=O) groups excluding carboxylic acids is 1. The highest BCUT2D eigenvalue weighted by Gasteiger charge is 2.29. The first-order valence-corrected chi connectivity index (χ1v) is 11.3. The summed E-state index contributed by atoms with van der Waals surface area (Å²) in [6.07, 6.45) is 1.04. The lowest BCUT2D eigenvalue weighted by Gasteiger charge is -2.28. The molecule has 0 fully saturated rings. The van der Waals surface area contributed by atoms with Crippen LogP contribution in [0.25, 0.3) is 10.2 Å². The molecule has 1 unspecified atom stereocenters. The van der Waals surface area contributed by atoms with Gasteiger partial charge in [-0.15, -0.1) is 0 Å². The van der Waals surface area contributed by atoms with Gasteiger partial charge in [0.05, 0.1) is 22.2 Å². The molecule has 148 valence electrons. The number of amides is 1. The fourth-order valence-electron chi connectivity index (χ4n) is 2.86. The highest BCUT2D eigenvalue weighted by Crippen LogP contribution is 2.25. The van der Waals surface area contributed by atoms with E-state index in [1.165, 1.54) is 11.5 Å². The van der Waals surface area contributed by atoms with Gasteiger partial charge in [-0.3, -0.25) is 13.9 Å². The molecule has 0 saturated carbocycles. The second-order valence-electron chi connectivity index (χ2n) is 6.31. The van der Waals surface area contributed by atoms with Crippen LogP contribution in [0.3, 0.4) is 0 Å². The Bertz CT molecular complexity index is 1200. The molecule has 0 saturated heterocycles. The van der Waals surface area contributed by atoms with Crippen LogP contribution in [0.15, 0.2) is 47.3 Å². The molecule has 0 aliphatic heterocycles. The SMILES string of the molecule is CC(C(=O)Nc1ccc2c(c1)sc(=O)n2C)N(c1ccc(Cl)cc1)S(C)(=O)=O. The third-order valence-corrected chi connectivity index (χ3v) is 6.72. The number of aromatic nitrogens is 1. The summed E-state index contributed by atoms with van der Waals surface area (Å²) in [5.74, 6) is -0.497. The average Bonchev–Trinajstić information content (AvgIpc) is 2.89. The van der Waals surface area contributed by atoms with E-state index >= 15 is 0 Å². The smallest absolute Gasteiger partial charge is 0.307 e. The summed E-state index contributed by atoms with van der Waals surface area (Å²) < 4.78 is 27.9. The van der Waals surface area contributed by atoms with Crippen molar-refractivity contribution in [3.05, 3.63) is 57.2 Å². The minimum atomic E-state index is -3.72. The van der Waals surface area contributed by atoms with Crippen LogP contribution in [-0.2, 0) is 21.9 Å². The molecular formula is C18H18ClN3O4S2. The predicted molar refractivity (Wildman–Crippen MR) is 114 cm³/mol. The summed E-state index contributed by atoms with van der Waals surface area (Å²) in [4.78, 5) is 24.4. The number of sulfonamides is 1. The van der Waals surface area contributed by atoms with E-state index in [1.54, 1.807) is 49.5 Å². The van der Waals surface area contributed by atoms with Crippen LogP contribution in [0.2, 0.25) is 5.02 Å². The summed E-state index contributed by atoms with van der Waals surface area (Å²) in [6, 6.07) is 10.3. The van der Waals surface area contributed by atoms with Gasteiger partial charge in [-0.1, -0.05) is 22.9 Å². The maximum atomic E-state index is 12.7. The maximum Gasteiger partial charge on any atom is 0.307 e. The zero-order valence-electron chi connectivity index (χ0n) is 15.3. The summed E-state index contributed by atoms with van der Waals surface area (Å²) in [7, 11) is -2.04. The minimum absolute atomic E-state index is 0.0992. The van der Waals surface area contributed by atoms with E-state index in [-0.39, 0.29) is 4.87 Å². The summed E-state index contributed by atoms with van der Waals surface area (Å²) in [6.45, 7) is 1.50. The summed E-state index contributed by atoms with van der Waals surface area (Å²) in [5.41, 5.74) is 1.59. The topological polar surface area (TPSA) is 88.5 Å². The highest BCUT2D eigenvalue weighted by molar-refractivity contribution is 7.92. The van der Waals surface area contributed by atoms with Gasteiger partial charge in [0.1, 0.15) is 6.04 Å². The molecule has 0 spiro atoms. The molecule has 0 radical (unpaired) electrons. The van der Waals surface area contributed by atoms with Gasteiger partial charge in [0.25, 0.3) is 0 Å². The van der Waals surface area contributed by atoms with Gasteiger partial charge < -0.3 is 9.88 Å². The Kier molecular flexibility index (Phi) is 5.51. The van der Waals surface area contributed by atoms with Crippen LogP contribution in [0, 0.1) is 0 Å². The van der Waals surface area contributed by atoms with Crippen LogP contribution in [-0.4, -0.2) is 31.2 Å². The fraction of sp³-hybridized carbons (Fsp3) is 0.222. The molecule has 0 aliphatic carbocycles. The number of anilines is 2. The number of benzene rings is 2. The minimum Gasteiger partial charge on any atom is -0.324 e. The van der Waals surface area contributed by atoms with E-state index in [1.807, 2.05) is 0 Å². The Balaban J connectivity index is 1.89. The van der Waals surface area contributed by atoms with Crippen LogP contribution in [0.4, 0.5) is 11.4 Å². The van der Waals surface area contributed by atoms with Crippen molar-refractivity contribution in [2.24, 2.45) is 7.05 Å². The van der Waals surface area contributed by atoms with Crippen molar-refractivity contribution in [1.82, 2.24) is 4.57 Å². The standard InChI is InChI=1S/C18H18ClN3O4S2/c1-11(22(28(3,25)26)14-7-4-12(19)5-8-14)17(23)20-13-6-9-15-16(10-13)27-18(24)21(15)2/h4-11H,1-3H3,(H,20,23). The number of nitrogens with zero attached hydrogens (tertiary/aromatic N) is 2. The molecule has 1 N–H and O–H groups in total. The van der Waals surface area contributed by atoms with Crippen LogP contribution < -0.4 is 14.5 Å². The normalized spacial score (nSPS) is 12.7. The maximum absolute atomic E-state index is 12.7. The van der Waals surface area contributed by atoms with Gasteiger partial charge in [0, 0.05) is 17.8 Å². The molecule has 28 heavy (non-hydrogen) atoms. The van der Waals surface area contributed by atoms with E-state index in [4.69, 9.17) is 11.6 Å². The monoisotopic (exact) mass is 439 g/mol. The van der Waals surface area contributed by atoms with E-state index in [0.717, 1.165) is 32.1 Å². The van der Waals surface area contributed by atoms with E-state index < -0.39 is 22.0 Å². The molecule has 1 heterocycles. The van der Waals surface area contributed by atoms with Crippen molar-refractivity contribution in [3.63, 3.8) is 0 Å². The van der Waals surface area contributed by atoms with Gasteiger partial charge in [-0.05, 0) is 49.4 Å². The van der Waals surface area contributed by atoms with Crippen LogP contribution in [0.5, 0.6) is 0 Å². The Morgan fingerprint density at radius 2 is 1.86 bits per heavy atom. The number of fused-ring (bicyclic) bond motifs is 1. The Labute approximate surface area is 171 Å². The number of hydrogen-bond donors (Lipinski definition) is 1. The van der Waals surface area contributed by atoms with Crippen LogP contribution in [0.1, 0.15) is 6.92 Å². The lowest BCUT2D eigenvalue weighted by Crippen LogP contribution is -2.45. The van der Waals surface area contributed by atoms with Gasteiger partial charge in [0.15, 0.2) is 0 Å². The highest BCUT2D eigenvalue weighted by atomic mass is 35.5. The van der Waals surface area contributed by atoms with Gasteiger partial charge >= 0.3 is 4.87 Å². The number of hydrogen-bond acceptors (Lipinski definition) is 5. The molecule has 7 nitrogen and oxygen atoms in total. The van der Waals surface area contributed by atoms with Crippen molar-refractivity contribution < 1.29 is 13.2 Å². The Morgan fingerprint density at radius 1 is 1.21 bits per heavy atom. The molecule has 0 bridgehead atoms. The molecule has 10 heteroatoms. The third-order valence-electron chi connectivity index (χ3n) is 4.23. The van der Waals surface area contributed by atoms with E-state index in [2.05, 4.69) is 5.32 Å². The third kappa shape index (κ3) is 4.06. The first-order valence-electron chi connectivity index (χ1n) is 8.23. The van der Waals surface area contributed by atoms with Crippen molar-refractivity contribution in [1.29, 1.82) is 0 Å². The zero-order chi connectivity index (χ0) is 20.6. The van der Waals surface area contributed by atoms with E-state index in [0.29, 0.717) is 16.4 Å². The second kappa shape index (κ2) is 7.57. The Morgan fingerprint density at radius 3 is 2.46 bits per heavy atom. The molecule has 1 atom stereocenters. The first-order chi connectivity index (χ1) is 13.1. The fourth-order valence-corrected chi connectivity index (χ4v) is 5.07. The number of thiazole rings is 1. The quantitative estimate of drug-likeness (QED) is 0.661. The van der Waals surface area contributed by atoms with Crippen LogP contribution >= 0.6 is 22.9 Å².